The van der Waals surface area contributed by atoms with Crippen LogP contribution in [0.1, 0.15) is 59.1 Å². The first-order chi connectivity index (χ1) is 16.0. The summed E-state index contributed by atoms with van der Waals surface area (Å²) in [5.74, 6) is 0.895. The Bertz CT molecular complexity index is 968. The highest BCUT2D eigenvalue weighted by atomic mass is 79.9. The molecule has 0 aliphatic carbocycles. The molecule has 2 aromatic carbocycles. The van der Waals surface area contributed by atoms with Gasteiger partial charge in [-0.2, -0.15) is 0 Å². The fraction of sp³-hybridized carbons (Fsp3) is 0.481. The van der Waals surface area contributed by atoms with E-state index in [-0.39, 0.29) is 29.9 Å². The first kappa shape index (κ1) is 27.7. The van der Waals surface area contributed by atoms with Gasteiger partial charge in [-0.15, -0.1) is 0 Å². The van der Waals surface area contributed by atoms with Crippen molar-refractivity contribution in [1.29, 1.82) is 0 Å². The highest BCUT2D eigenvalue weighted by Gasteiger charge is 2.29. The number of methoxy groups -OCH3 is 1. The normalized spacial score (nSPS) is 12.3. The van der Waals surface area contributed by atoms with Gasteiger partial charge >= 0.3 is 0 Å². The molecule has 186 valence electrons. The number of rotatable bonds is 10. The number of hydrogen-bond acceptors (Lipinski definition) is 4. The van der Waals surface area contributed by atoms with Crippen LogP contribution in [-0.4, -0.2) is 42.5 Å². The van der Waals surface area contributed by atoms with E-state index in [0.717, 1.165) is 21.3 Å². The van der Waals surface area contributed by atoms with Gasteiger partial charge in [0.05, 0.1) is 11.6 Å². The molecule has 6 nitrogen and oxygen atoms in total. The monoisotopic (exact) mass is 532 g/mol. The van der Waals surface area contributed by atoms with Crippen LogP contribution in [0, 0.1) is 0 Å². The Labute approximate surface area is 212 Å². The van der Waals surface area contributed by atoms with Gasteiger partial charge in [0.2, 0.25) is 5.91 Å². The molecular formula is C27H37BrN2O4. The van der Waals surface area contributed by atoms with Crippen molar-refractivity contribution in [3.8, 4) is 11.5 Å². The number of carbonyl (C=O) groups is 2. The molecule has 0 aromatic heterocycles. The van der Waals surface area contributed by atoms with Gasteiger partial charge in [0.15, 0.2) is 6.61 Å². The number of nitrogens with one attached hydrogen (secondary N) is 1. The smallest absolute Gasteiger partial charge is 0.261 e. The van der Waals surface area contributed by atoms with Crippen LogP contribution in [0.2, 0.25) is 0 Å². The van der Waals surface area contributed by atoms with Crippen LogP contribution >= 0.6 is 15.9 Å². The molecule has 0 aliphatic rings. The van der Waals surface area contributed by atoms with E-state index in [1.165, 1.54) is 0 Å². The maximum absolute atomic E-state index is 13.4. The third-order valence-electron chi connectivity index (χ3n) is 5.48. The maximum Gasteiger partial charge on any atom is 0.261 e. The van der Waals surface area contributed by atoms with E-state index < -0.39 is 6.04 Å². The Morgan fingerprint density at radius 2 is 1.74 bits per heavy atom. The summed E-state index contributed by atoms with van der Waals surface area (Å²) in [4.78, 5) is 27.9. The van der Waals surface area contributed by atoms with E-state index in [4.69, 9.17) is 9.47 Å². The van der Waals surface area contributed by atoms with E-state index >= 15 is 0 Å². The summed E-state index contributed by atoms with van der Waals surface area (Å²) in [6, 6.07) is 12.7. The van der Waals surface area contributed by atoms with Crippen LogP contribution in [0.5, 0.6) is 11.5 Å². The first-order valence-corrected chi connectivity index (χ1v) is 12.4. The van der Waals surface area contributed by atoms with Crippen LogP contribution in [-0.2, 0) is 21.5 Å². The minimum Gasteiger partial charge on any atom is -0.497 e. The molecule has 2 aromatic rings. The van der Waals surface area contributed by atoms with Crippen molar-refractivity contribution >= 4 is 27.7 Å². The van der Waals surface area contributed by atoms with E-state index in [1.54, 1.807) is 12.0 Å². The Morgan fingerprint density at radius 1 is 1.09 bits per heavy atom. The summed E-state index contributed by atoms with van der Waals surface area (Å²) in [6.45, 7) is 12.3. The molecule has 2 rings (SSSR count). The topological polar surface area (TPSA) is 67.9 Å². The van der Waals surface area contributed by atoms with Crippen molar-refractivity contribution in [2.24, 2.45) is 0 Å². The van der Waals surface area contributed by atoms with Crippen molar-refractivity contribution < 1.29 is 19.1 Å². The minimum atomic E-state index is -0.604. The van der Waals surface area contributed by atoms with Crippen molar-refractivity contribution in [2.75, 3.05) is 13.7 Å². The zero-order valence-corrected chi connectivity index (χ0v) is 22.9. The Balaban J connectivity index is 2.24. The molecule has 1 N–H and O–H groups in total. The molecule has 34 heavy (non-hydrogen) atoms. The van der Waals surface area contributed by atoms with Gasteiger partial charge in [0.1, 0.15) is 17.5 Å². The zero-order valence-electron chi connectivity index (χ0n) is 21.3. The number of amides is 2. The molecule has 1 atom stereocenters. The van der Waals surface area contributed by atoms with E-state index in [1.807, 2.05) is 63.2 Å². The Hall–Kier alpha value is -2.54. The fourth-order valence-electron chi connectivity index (χ4n) is 3.53. The number of halogens is 1. The summed E-state index contributed by atoms with van der Waals surface area (Å²) in [7, 11) is 1.61. The second-order valence-electron chi connectivity index (χ2n) is 9.64. The van der Waals surface area contributed by atoms with Crippen LogP contribution in [0.25, 0.3) is 0 Å². The van der Waals surface area contributed by atoms with E-state index in [9.17, 15) is 9.59 Å². The van der Waals surface area contributed by atoms with Crippen molar-refractivity contribution in [2.45, 2.75) is 72.0 Å². The van der Waals surface area contributed by atoms with Crippen molar-refractivity contribution in [3.63, 3.8) is 0 Å². The van der Waals surface area contributed by atoms with Gasteiger partial charge in [0.25, 0.3) is 5.91 Å². The molecule has 0 heterocycles. The van der Waals surface area contributed by atoms with Gasteiger partial charge in [-0.25, -0.2) is 0 Å². The standard InChI is InChI=1S/C27H37BrN2O4/c1-8-23(26(32)29-18(2)3)30(16-19-9-12-21(33-7)13-10-19)25(31)17-34-24-14-11-20(15-22(24)28)27(4,5)6/h9-15,18,23H,8,16-17H2,1-7H3,(H,29,32)/t23-/m0/s1. The number of nitrogens with zero attached hydrogens (tertiary/aromatic N) is 1. The Morgan fingerprint density at radius 3 is 2.24 bits per heavy atom. The quantitative estimate of drug-likeness (QED) is 0.440. The average molecular weight is 534 g/mol. The van der Waals surface area contributed by atoms with Gasteiger partial charge in [-0.05, 0) is 77.0 Å². The molecule has 0 fully saturated rings. The third-order valence-corrected chi connectivity index (χ3v) is 6.10. The van der Waals surface area contributed by atoms with Gasteiger partial charge in [-0.3, -0.25) is 9.59 Å². The van der Waals surface area contributed by atoms with Crippen LogP contribution in [0.3, 0.4) is 0 Å². The number of benzene rings is 2. The minimum absolute atomic E-state index is 0.00412. The predicted molar refractivity (Wildman–Crippen MR) is 139 cm³/mol. The van der Waals surface area contributed by atoms with Gasteiger partial charge < -0.3 is 19.7 Å². The molecule has 2 amide bonds. The molecular weight excluding hydrogens is 496 g/mol. The average Bonchev–Trinajstić information content (AvgIpc) is 2.77. The maximum atomic E-state index is 13.4. The highest BCUT2D eigenvalue weighted by molar-refractivity contribution is 9.10. The first-order valence-electron chi connectivity index (χ1n) is 11.6. The van der Waals surface area contributed by atoms with Crippen molar-refractivity contribution in [3.05, 3.63) is 58.1 Å². The molecule has 0 saturated heterocycles. The van der Waals surface area contributed by atoms with Crippen LogP contribution in [0.4, 0.5) is 0 Å². The summed E-state index contributed by atoms with van der Waals surface area (Å²) in [5.41, 5.74) is 2.07. The molecule has 7 heteroatoms. The second-order valence-corrected chi connectivity index (χ2v) is 10.5. The number of hydrogen-bond donors (Lipinski definition) is 1. The lowest BCUT2D eigenvalue weighted by Crippen LogP contribution is -2.51. The summed E-state index contributed by atoms with van der Waals surface area (Å²) >= 11 is 3.56. The molecule has 0 aliphatic heterocycles. The lowest BCUT2D eigenvalue weighted by atomic mass is 9.87. The van der Waals surface area contributed by atoms with Crippen LogP contribution in [0.15, 0.2) is 46.9 Å². The summed E-state index contributed by atoms with van der Waals surface area (Å²) in [5, 5.41) is 2.94. The third kappa shape index (κ3) is 7.76. The second kappa shape index (κ2) is 12.2. The summed E-state index contributed by atoms with van der Waals surface area (Å²) < 4.78 is 11.9. The van der Waals surface area contributed by atoms with Gasteiger partial charge in [0, 0.05) is 12.6 Å². The predicted octanol–water partition coefficient (Wildman–Crippen LogP) is 5.47. The lowest BCUT2D eigenvalue weighted by molar-refractivity contribution is -0.143. The van der Waals surface area contributed by atoms with Crippen molar-refractivity contribution in [1.82, 2.24) is 10.2 Å². The molecule has 0 spiro atoms. The molecule has 0 bridgehead atoms. The zero-order chi connectivity index (χ0) is 25.5. The number of carbonyl (C=O) groups excluding carboxylic acids is 2. The largest absolute Gasteiger partial charge is 0.497 e. The lowest BCUT2D eigenvalue weighted by Gasteiger charge is -2.31. The van der Waals surface area contributed by atoms with Crippen LogP contribution < -0.4 is 14.8 Å². The number of ether oxygens (including phenoxy) is 2. The van der Waals surface area contributed by atoms with Gasteiger partial charge in [-0.1, -0.05) is 45.9 Å². The SMILES string of the molecule is CC[C@@H](C(=O)NC(C)C)N(Cc1ccc(OC)cc1)C(=O)COc1ccc(C(C)(C)C)cc1Br. The molecule has 0 saturated carbocycles. The van der Waals surface area contributed by atoms with E-state index in [2.05, 4.69) is 42.0 Å². The molecule has 0 radical (unpaired) electrons. The Kier molecular flexibility index (Phi) is 9.98. The van der Waals surface area contributed by atoms with E-state index in [0.29, 0.717) is 18.7 Å². The highest BCUT2D eigenvalue weighted by Crippen LogP contribution is 2.31. The fourth-order valence-corrected chi connectivity index (χ4v) is 4.03. The molecule has 0 unspecified atom stereocenters. The summed E-state index contributed by atoms with van der Waals surface area (Å²) in [6.07, 6.45) is 0.490.